The molecule has 8 heteroatoms. The highest BCUT2D eigenvalue weighted by Gasteiger charge is 2.22. The second-order valence-corrected chi connectivity index (χ2v) is 4.06. The van der Waals surface area contributed by atoms with Gasteiger partial charge in [-0.25, -0.2) is 9.18 Å². The van der Waals surface area contributed by atoms with Crippen LogP contribution < -0.4 is 5.32 Å². The Labute approximate surface area is 114 Å². The number of halogens is 1. The molecule has 1 atom stereocenters. The molecule has 0 aliphatic rings. The van der Waals surface area contributed by atoms with Gasteiger partial charge in [0.15, 0.2) is 0 Å². The van der Waals surface area contributed by atoms with E-state index in [1.807, 2.05) is 0 Å². The van der Waals surface area contributed by atoms with Crippen molar-refractivity contribution in [1.29, 1.82) is 0 Å². The maximum absolute atomic E-state index is 13.5. The van der Waals surface area contributed by atoms with Crippen LogP contribution in [0.15, 0.2) is 12.1 Å². The molecule has 0 aliphatic carbocycles. The number of anilines is 1. The molecule has 1 unspecified atom stereocenters. The predicted molar refractivity (Wildman–Crippen MR) is 69.6 cm³/mol. The van der Waals surface area contributed by atoms with Gasteiger partial charge in [0, 0.05) is 25.3 Å². The van der Waals surface area contributed by atoms with Gasteiger partial charge in [0.25, 0.3) is 5.69 Å². The number of ether oxygens (including phenoxy) is 1. The Hall–Kier alpha value is -2.22. The van der Waals surface area contributed by atoms with Crippen molar-refractivity contribution in [2.75, 3.05) is 18.5 Å². The summed E-state index contributed by atoms with van der Waals surface area (Å²) in [5, 5.41) is 22.3. The van der Waals surface area contributed by atoms with Crippen molar-refractivity contribution in [3.63, 3.8) is 0 Å². The van der Waals surface area contributed by atoms with Crippen molar-refractivity contribution in [3.8, 4) is 0 Å². The van der Waals surface area contributed by atoms with Crippen LogP contribution in [0.3, 0.4) is 0 Å². The second kappa shape index (κ2) is 6.80. The van der Waals surface area contributed by atoms with E-state index in [4.69, 9.17) is 9.84 Å². The number of hydrogen-bond donors (Lipinski definition) is 2. The van der Waals surface area contributed by atoms with E-state index >= 15 is 0 Å². The molecule has 1 aromatic rings. The molecule has 0 amide bonds. The van der Waals surface area contributed by atoms with E-state index in [-0.39, 0.29) is 18.3 Å². The number of rotatable bonds is 7. The molecule has 7 nitrogen and oxygen atoms in total. The molecule has 110 valence electrons. The first kappa shape index (κ1) is 15.8. The van der Waals surface area contributed by atoms with Crippen LogP contribution in [0.2, 0.25) is 0 Å². The maximum Gasteiger partial charge on any atom is 0.338 e. The lowest BCUT2D eigenvalue weighted by atomic mass is 10.1. The summed E-state index contributed by atoms with van der Waals surface area (Å²) >= 11 is 0. The summed E-state index contributed by atoms with van der Waals surface area (Å²) in [5.74, 6) is -2.59. The Kier molecular flexibility index (Phi) is 5.39. The molecule has 0 saturated carbocycles. The van der Waals surface area contributed by atoms with E-state index < -0.39 is 28.0 Å². The topological polar surface area (TPSA) is 102 Å². The molecular formula is C12H15FN2O5. The quantitative estimate of drug-likeness (QED) is 0.589. The first-order chi connectivity index (χ1) is 9.36. The van der Waals surface area contributed by atoms with E-state index in [1.165, 1.54) is 0 Å². The Morgan fingerprint density at radius 1 is 1.60 bits per heavy atom. The minimum atomic E-state index is -1.56. The zero-order chi connectivity index (χ0) is 15.3. The number of hydrogen-bond acceptors (Lipinski definition) is 5. The van der Waals surface area contributed by atoms with Gasteiger partial charge in [0.2, 0.25) is 0 Å². The highest BCUT2D eigenvalue weighted by molar-refractivity contribution is 5.90. The second-order valence-electron chi connectivity index (χ2n) is 4.06. The lowest BCUT2D eigenvalue weighted by Gasteiger charge is -2.14. The van der Waals surface area contributed by atoms with Crippen LogP contribution in [0, 0.1) is 15.9 Å². The lowest BCUT2D eigenvalue weighted by molar-refractivity contribution is -0.384. The van der Waals surface area contributed by atoms with Gasteiger partial charge in [-0.1, -0.05) is 0 Å². The molecule has 0 aromatic heterocycles. The fourth-order valence-corrected chi connectivity index (χ4v) is 1.62. The summed E-state index contributed by atoms with van der Waals surface area (Å²) in [7, 11) is 0. The number of nitrogens with zero attached hydrogens (tertiary/aromatic N) is 1. The van der Waals surface area contributed by atoms with Gasteiger partial charge in [0.1, 0.15) is 17.1 Å². The minimum absolute atomic E-state index is 0.0796. The average molecular weight is 286 g/mol. The molecule has 20 heavy (non-hydrogen) atoms. The summed E-state index contributed by atoms with van der Waals surface area (Å²) in [5.41, 5.74) is -1.31. The largest absolute Gasteiger partial charge is 0.478 e. The highest BCUT2D eigenvalue weighted by Crippen LogP contribution is 2.28. The maximum atomic E-state index is 13.5. The fraction of sp³-hybridized carbons (Fsp3) is 0.417. The van der Waals surface area contributed by atoms with Crippen LogP contribution in [0.1, 0.15) is 24.2 Å². The Morgan fingerprint density at radius 2 is 2.25 bits per heavy atom. The van der Waals surface area contributed by atoms with Gasteiger partial charge in [-0.05, 0) is 13.8 Å². The van der Waals surface area contributed by atoms with Crippen molar-refractivity contribution in [2.24, 2.45) is 0 Å². The number of carbonyl (C=O) groups is 1. The van der Waals surface area contributed by atoms with E-state index in [9.17, 15) is 19.3 Å². The van der Waals surface area contributed by atoms with Crippen LogP contribution in [-0.4, -0.2) is 35.3 Å². The summed E-state index contributed by atoms with van der Waals surface area (Å²) in [6.07, 6.45) is -0.221. The molecule has 0 spiro atoms. The van der Waals surface area contributed by atoms with E-state index in [0.717, 1.165) is 6.07 Å². The number of carboxylic acid groups (broad SMARTS) is 1. The third kappa shape index (κ3) is 3.89. The lowest BCUT2D eigenvalue weighted by Crippen LogP contribution is -2.20. The first-order valence-corrected chi connectivity index (χ1v) is 5.93. The van der Waals surface area contributed by atoms with Gasteiger partial charge in [-0.3, -0.25) is 10.1 Å². The Morgan fingerprint density at radius 3 is 2.75 bits per heavy atom. The van der Waals surface area contributed by atoms with E-state index in [0.29, 0.717) is 12.7 Å². The normalized spacial score (nSPS) is 11.9. The third-order valence-corrected chi connectivity index (χ3v) is 2.54. The summed E-state index contributed by atoms with van der Waals surface area (Å²) in [6.45, 7) is 4.28. The van der Waals surface area contributed by atoms with Gasteiger partial charge < -0.3 is 15.2 Å². The summed E-state index contributed by atoms with van der Waals surface area (Å²) < 4.78 is 18.8. The van der Waals surface area contributed by atoms with Crippen LogP contribution >= 0.6 is 0 Å². The molecule has 0 bridgehead atoms. The predicted octanol–water partition coefficient (Wildman–Crippen LogP) is 2.27. The van der Waals surface area contributed by atoms with Crippen molar-refractivity contribution in [2.45, 2.75) is 20.0 Å². The van der Waals surface area contributed by atoms with Crippen LogP contribution in [-0.2, 0) is 4.74 Å². The summed E-state index contributed by atoms with van der Waals surface area (Å²) in [4.78, 5) is 20.9. The number of nitro groups is 1. The van der Waals surface area contributed by atoms with Gasteiger partial charge in [-0.15, -0.1) is 0 Å². The van der Waals surface area contributed by atoms with Gasteiger partial charge in [0.05, 0.1) is 11.0 Å². The molecule has 2 N–H and O–H groups in total. The monoisotopic (exact) mass is 286 g/mol. The Bertz CT molecular complexity index is 521. The molecule has 0 fully saturated rings. The van der Waals surface area contributed by atoms with Crippen molar-refractivity contribution in [1.82, 2.24) is 0 Å². The van der Waals surface area contributed by atoms with Crippen molar-refractivity contribution in [3.05, 3.63) is 33.6 Å². The zero-order valence-electron chi connectivity index (χ0n) is 11.1. The first-order valence-electron chi connectivity index (χ1n) is 5.93. The summed E-state index contributed by atoms with van der Waals surface area (Å²) in [6, 6.07) is 1.51. The average Bonchev–Trinajstić information content (AvgIpc) is 2.35. The molecule has 0 heterocycles. The third-order valence-electron chi connectivity index (χ3n) is 2.54. The van der Waals surface area contributed by atoms with E-state index in [2.05, 4.69) is 5.32 Å². The SMILES string of the molecule is CCOC(C)CNc1cc(F)c(C(=O)O)cc1[N+](=O)[O-]. The standard InChI is InChI=1S/C12H15FN2O5/c1-3-20-7(2)6-14-10-5-9(13)8(12(16)17)4-11(10)15(18)19/h4-5,7,14H,3,6H2,1-2H3,(H,16,17). The Balaban J connectivity index is 3.03. The van der Waals surface area contributed by atoms with Crippen LogP contribution in [0.5, 0.6) is 0 Å². The molecule has 0 saturated heterocycles. The number of nitro benzene ring substituents is 1. The van der Waals surface area contributed by atoms with Crippen LogP contribution in [0.25, 0.3) is 0 Å². The number of aromatic carboxylic acids is 1. The van der Waals surface area contributed by atoms with Crippen LogP contribution in [0.4, 0.5) is 15.8 Å². The fourth-order valence-electron chi connectivity index (χ4n) is 1.62. The minimum Gasteiger partial charge on any atom is -0.478 e. The molecule has 1 rings (SSSR count). The highest BCUT2D eigenvalue weighted by atomic mass is 19.1. The number of carboxylic acids is 1. The van der Waals surface area contributed by atoms with Crippen molar-refractivity contribution < 1.29 is 24.0 Å². The van der Waals surface area contributed by atoms with Gasteiger partial charge in [-0.2, -0.15) is 0 Å². The smallest absolute Gasteiger partial charge is 0.338 e. The van der Waals surface area contributed by atoms with Crippen molar-refractivity contribution >= 4 is 17.3 Å². The molecule has 1 aromatic carbocycles. The molecular weight excluding hydrogens is 271 g/mol. The molecule has 0 aliphatic heterocycles. The van der Waals surface area contributed by atoms with E-state index in [1.54, 1.807) is 13.8 Å². The zero-order valence-corrected chi connectivity index (χ0v) is 11.1. The number of benzene rings is 1. The molecule has 0 radical (unpaired) electrons. The van der Waals surface area contributed by atoms with Gasteiger partial charge >= 0.3 is 5.97 Å². The number of nitrogens with one attached hydrogen (secondary N) is 1.